The molecule has 2 heterocycles. The molecule has 0 saturated carbocycles. The summed E-state index contributed by atoms with van der Waals surface area (Å²) in [6.07, 6.45) is -0.165. The minimum atomic E-state index is -3.76. The molecule has 1 N–H and O–H groups in total. The summed E-state index contributed by atoms with van der Waals surface area (Å²) in [5.41, 5.74) is 3.48. The van der Waals surface area contributed by atoms with Gasteiger partial charge in [-0.15, -0.1) is 0 Å². The number of ether oxygens (including phenoxy) is 1. The molecule has 170 valence electrons. The van der Waals surface area contributed by atoms with Gasteiger partial charge in [0, 0.05) is 11.6 Å². The SMILES string of the molecule is Cc1nn(CC(O)COCc2ccccc2Cl)c(C)c1S(=O)(=O)N1CCc2ccccc21. The molecule has 0 aliphatic carbocycles. The Labute approximate surface area is 193 Å². The van der Waals surface area contributed by atoms with E-state index in [1.807, 2.05) is 42.5 Å². The fraction of sp³-hybridized carbons (Fsp3) is 0.348. The number of aryl methyl sites for hydroxylation is 1. The van der Waals surface area contributed by atoms with Gasteiger partial charge >= 0.3 is 0 Å². The zero-order chi connectivity index (χ0) is 22.9. The minimum Gasteiger partial charge on any atom is -0.389 e. The van der Waals surface area contributed by atoms with Gasteiger partial charge in [-0.1, -0.05) is 48.0 Å². The fourth-order valence-corrected chi connectivity index (χ4v) is 6.14. The molecule has 32 heavy (non-hydrogen) atoms. The van der Waals surface area contributed by atoms with Crippen molar-refractivity contribution in [2.24, 2.45) is 0 Å². The predicted molar refractivity (Wildman–Crippen MR) is 123 cm³/mol. The van der Waals surface area contributed by atoms with Crippen molar-refractivity contribution in [1.82, 2.24) is 9.78 Å². The summed E-state index contributed by atoms with van der Waals surface area (Å²) in [7, 11) is -3.76. The Morgan fingerprint density at radius 3 is 2.66 bits per heavy atom. The van der Waals surface area contributed by atoms with E-state index < -0.39 is 16.1 Å². The monoisotopic (exact) mass is 475 g/mol. The standard InChI is InChI=1S/C23H26ClN3O4S/c1-16-23(32(29,30)27-12-11-18-7-4-6-10-22(18)27)17(2)26(25-16)13-20(28)15-31-14-19-8-3-5-9-21(19)24/h3-10,20,28H,11-15H2,1-2H3. The van der Waals surface area contributed by atoms with Crippen LogP contribution in [0.4, 0.5) is 5.69 Å². The van der Waals surface area contributed by atoms with Crippen molar-refractivity contribution >= 4 is 27.3 Å². The van der Waals surface area contributed by atoms with Gasteiger partial charge in [0.15, 0.2) is 0 Å². The number of fused-ring (bicyclic) bond motifs is 1. The summed E-state index contributed by atoms with van der Waals surface area (Å²) < 4.78 is 35.5. The van der Waals surface area contributed by atoms with E-state index in [4.69, 9.17) is 16.3 Å². The molecule has 1 atom stereocenters. The van der Waals surface area contributed by atoms with Crippen molar-refractivity contribution in [2.75, 3.05) is 17.5 Å². The molecule has 3 aromatic rings. The molecule has 1 unspecified atom stereocenters. The van der Waals surface area contributed by atoms with E-state index >= 15 is 0 Å². The highest BCUT2D eigenvalue weighted by Crippen LogP contribution is 2.34. The maximum atomic E-state index is 13.5. The van der Waals surface area contributed by atoms with Crippen molar-refractivity contribution in [3.63, 3.8) is 0 Å². The number of aromatic nitrogens is 2. The third kappa shape index (κ3) is 4.41. The average molecular weight is 476 g/mol. The third-order valence-corrected chi connectivity index (χ3v) is 8.05. The normalized spacial score (nSPS) is 14.6. The molecule has 0 spiro atoms. The average Bonchev–Trinajstić information content (AvgIpc) is 3.31. The minimum absolute atomic E-state index is 0.0746. The first kappa shape index (κ1) is 22.8. The molecule has 1 aliphatic heterocycles. The molecule has 9 heteroatoms. The molecule has 0 bridgehead atoms. The quantitative estimate of drug-likeness (QED) is 0.539. The highest BCUT2D eigenvalue weighted by Gasteiger charge is 2.35. The topological polar surface area (TPSA) is 84.7 Å². The van der Waals surface area contributed by atoms with Crippen molar-refractivity contribution < 1.29 is 18.3 Å². The summed E-state index contributed by atoms with van der Waals surface area (Å²) in [5, 5.41) is 15.4. The zero-order valence-corrected chi connectivity index (χ0v) is 19.6. The molecule has 1 aromatic heterocycles. The first-order valence-electron chi connectivity index (χ1n) is 10.4. The smallest absolute Gasteiger partial charge is 0.268 e. The second-order valence-corrected chi connectivity index (χ2v) is 10.1. The predicted octanol–water partition coefficient (Wildman–Crippen LogP) is 3.48. The molecule has 4 rings (SSSR count). The van der Waals surface area contributed by atoms with Crippen LogP contribution in [0.15, 0.2) is 53.4 Å². The maximum absolute atomic E-state index is 13.5. The van der Waals surface area contributed by atoms with Gasteiger partial charge in [0.2, 0.25) is 0 Å². The number of aliphatic hydroxyl groups is 1. The van der Waals surface area contributed by atoms with Gasteiger partial charge in [-0.05, 0) is 43.5 Å². The number of nitrogens with zero attached hydrogens (tertiary/aromatic N) is 3. The van der Waals surface area contributed by atoms with Crippen LogP contribution in [0.5, 0.6) is 0 Å². The first-order valence-corrected chi connectivity index (χ1v) is 12.2. The lowest BCUT2D eigenvalue weighted by molar-refractivity contribution is 0.0184. The van der Waals surface area contributed by atoms with E-state index in [0.29, 0.717) is 35.1 Å². The van der Waals surface area contributed by atoms with Gasteiger partial charge in [0.25, 0.3) is 10.0 Å². The van der Waals surface area contributed by atoms with Gasteiger partial charge in [-0.3, -0.25) is 8.99 Å². The Balaban J connectivity index is 1.46. The second-order valence-electron chi connectivity index (χ2n) is 7.90. The molecule has 0 radical (unpaired) electrons. The van der Waals surface area contributed by atoms with E-state index in [2.05, 4.69) is 5.10 Å². The van der Waals surface area contributed by atoms with Crippen LogP contribution in [0.1, 0.15) is 22.5 Å². The number of anilines is 1. The van der Waals surface area contributed by atoms with Gasteiger partial charge < -0.3 is 9.84 Å². The third-order valence-electron chi connectivity index (χ3n) is 5.62. The summed E-state index contributed by atoms with van der Waals surface area (Å²) in [5.74, 6) is 0. The van der Waals surface area contributed by atoms with E-state index in [1.54, 1.807) is 19.9 Å². The summed E-state index contributed by atoms with van der Waals surface area (Å²) in [6.45, 7) is 4.28. The summed E-state index contributed by atoms with van der Waals surface area (Å²) in [6, 6.07) is 14.9. The molecule has 2 aromatic carbocycles. The van der Waals surface area contributed by atoms with E-state index in [9.17, 15) is 13.5 Å². The highest BCUT2D eigenvalue weighted by molar-refractivity contribution is 7.93. The largest absolute Gasteiger partial charge is 0.389 e. The summed E-state index contributed by atoms with van der Waals surface area (Å²) >= 11 is 6.12. The molecular weight excluding hydrogens is 450 g/mol. The number of benzene rings is 2. The van der Waals surface area contributed by atoms with Gasteiger partial charge in [-0.2, -0.15) is 5.10 Å². The Hall–Kier alpha value is -2.39. The molecule has 1 aliphatic rings. The number of hydrogen-bond donors (Lipinski definition) is 1. The summed E-state index contributed by atoms with van der Waals surface area (Å²) in [4.78, 5) is 0.193. The number of aliphatic hydroxyl groups excluding tert-OH is 1. The van der Waals surface area contributed by atoms with Crippen LogP contribution in [-0.2, 0) is 34.3 Å². The van der Waals surface area contributed by atoms with Crippen LogP contribution in [0.2, 0.25) is 5.02 Å². The van der Waals surface area contributed by atoms with Crippen LogP contribution < -0.4 is 4.31 Å². The lowest BCUT2D eigenvalue weighted by Crippen LogP contribution is -2.30. The van der Waals surface area contributed by atoms with Crippen LogP contribution in [0, 0.1) is 13.8 Å². The van der Waals surface area contributed by atoms with Crippen LogP contribution >= 0.6 is 11.6 Å². The maximum Gasteiger partial charge on any atom is 0.268 e. The first-order chi connectivity index (χ1) is 15.3. The van der Waals surface area contributed by atoms with Crippen LogP contribution in [-0.4, -0.2) is 42.6 Å². The van der Waals surface area contributed by atoms with Crippen LogP contribution in [0.25, 0.3) is 0 Å². The molecule has 0 amide bonds. The highest BCUT2D eigenvalue weighted by atomic mass is 35.5. The Kier molecular flexibility index (Phi) is 6.57. The molecule has 0 fully saturated rings. The lowest BCUT2D eigenvalue weighted by Gasteiger charge is -2.20. The fourth-order valence-electron chi connectivity index (χ4n) is 4.07. The van der Waals surface area contributed by atoms with E-state index in [1.165, 1.54) is 8.99 Å². The van der Waals surface area contributed by atoms with Gasteiger partial charge in [-0.25, -0.2) is 8.42 Å². The number of rotatable bonds is 8. The lowest BCUT2D eigenvalue weighted by atomic mass is 10.2. The number of sulfonamides is 1. The van der Waals surface area contributed by atoms with Crippen molar-refractivity contribution in [2.45, 2.75) is 44.4 Å². The zero-order valence-electron chi connectivity index (χ0n) is 18.0. The Morgan fingerprint density at radius 2 is 1.88 bits per heavy atom. The Morgan fingerprint density at radius 1 is 1.16 bits per heavy atom. The molecular formula is C23H26ClN3O4S. The van der Waals surface area contributed by atoms with Gasteiger partial charge in [0.1, 0.15) is 4.90 Å². The van der Waals surface area contributed by atoms with E-state index in [0.717, 1.165) is 11.1 Å². The number of hydrogen-bond acceptors (Lipinski definition) is 5. The molecule has 7 nitrogen and oxygen atoms in total. The second kappa shape index (κ2) is 9.23. The van der Waals surface area contributed by atoms with Crippen molar-refractivity contribution in [3.8, 4) is 0 Å². The van der Waals surface area contributed by atoms with Crippen molar-refractivity contribution in [1.29, 1.82) is 0 Å². The number of para-hydroxylation sites is 1. The van der Waals surface area contributed by atoms with Gasteiger partial charge in [0.05, 0.1) is 42.9 Å². The Bertz CT molecular complexity index is 1230. The van der Waals surface area contributed by atoms with Crippen LogP contribution in [0.3, 0.4) is 0 Å². The number of halogens is 1. The van der Waals surface area contributed by atoms with Crippen molar-refractivity contribution in [3.05, 3.63) is 76.1 Å². The molecule has 0 saturated heterocycles. The van der Waals surface area contributed by atoms with E-state index in [-0.39, 0.29) is 24.7 Å².